The molecule has 1 aliphatic heterocycles. The number of rotatable bonds is 4. The zero-order valence-electron chi connectivity index (χ0n) is 18.8. The molecule has 2 aromatic carbocycles. The van der Waals surface area contributed by atoms with Crippen LogP contribution < -0.4 is 0 Å². The van der Waals surface area contributed by atoms with Crippen molar-refractivity contribution in [3.05, 3.63) is 71.2 Å². The molecule has 1 N–H and O–H groups in total. The molecule has 164 valence electrons. The average molecular weight is 429 g/mol. The highest BCUT2D eigenvalue weighted by molar-refractivity contribution is 5.93. The molecule has 0 bridgehead atoms. The minimum Gasteiger partial charge on any atom is -0.335 e. The predicted molar refractivity (Wildman–Crippen MR) is 125 cm³/mol. The fourth-order valence-corrected chi connectivity index (χ4v) is 4.65. The monoisotopic (exact) mass is 428 g/mol. The topological polar surface area (TPSA) is 70.1 Å². The van der Waals surface area contributed by atoms with Crippen LogP contribution in [0.1, 0.15) is 27.4 Å². The molecule has 0 radical (unpaired) electrons. The number of carbonyl (C=O) groups excluding carboxylic acids is 1. The van der Waals surface area contributed by atoms with Crippen LogP contribution in [-0.4, -0.2) is 61.9 Å². The van der Waals surface area contributed by atoms with Crippen molar-refractivity contribution < 1.29 is 4.79 Å². The summed E-state index contributed by atoms with van der Waals surface area (Å²) in [5.74, 6) is 0.00718. The Balaban J connectivity index is 1.25. The van der Waals surface area contributed by atoms with E-state index < -0.39 is 0 Å². The van der Waals surface area contributed by atoms with Crippen molar-refractivity contribution in [3.63, 3.8) is 0 Å². The summed E-state index contributed by atoms with van der Waals surface area (Å²) in [6, 6.07) is 16.8. The molecule has 32 heavy (non-hydrogen) atoms. The third kappa shape index (κ3) is 3.69. The van der Waals surface area contributed by atoms with Crippen LogP contribution in [0.25, 0.3) is 22.0 Å². The number of nitrogens with one attached hydrogen (secondary N) is 1. The molecule has 0 unspecified atom stereocenters. The largest absolute Gasteiger partial charge is 0.335 e. The first-order chi connectivity index (χ1) is 15.5. The molecule has 7 nitrogen and oxygen atoms in total. The van der Waals surface area contributed by atoms with Gasteiger partial charge in [0.25, 0.3) is 5.91 Å². The number of piperazine rings is 1. The number of carbonyl (C=O) groups is 1. The summed E-state index contributed by atoms with van der Waals surface area (Å²) in [6.45, 7) is 8.02. The van der Waals surface area contributed by atoms with Crippen LogP contribution in [0.4, 0.5) is 0 Å². The molecule has 1 saturated heterocycles. The van der Waals surface area contributed by atoms with E-state index >= 15 is 0 Å². The van der Waals surface area contributed by atoms with Gasteiger partial charge in [-0.2, -0.15) is 10.2 Å². The maximum atomic E-state index is 13.1. The Bertz CT molecular complexity index is 1270. The van der Waals surface area contributed by atoms with Gasteiger partial charge in [0.1, 0.15) is 5.69 Å². The van der Waals surface area contributed by atoms with Gasteiger partial charge in [0.2, 0.25) is 0 Å². The van der Waals surface area contributed by atoms with Crippen molar-refractivity contribution in [2.24, 2.45) is 7.05 Å². The Hall–Kier alpha value is -3.45. The van der Waals surface area contributed by atoms with Crippen LogP contribution in [0.5, 0.6) is 0 Å². The number of amides is 1. The van der Waals surface area contributed by atoms with E-state index in [-0.39, 0.29) is 5.91 Å². The summed E-state index contributed by atoms with van der Waals surface area (Å²) < 4.78 is 1.84. The number of H-pyrrole nitrogens is 1. The molecule has 1 amide bonds. The summed E-state index contributed by atoms with van der Waals surface area (Å²) in [5, 5.41) is 14.4. The highest BCUT2D eigenvalue weighted by Crippen LogP contribution is 2.26. The van der Waals surface area contributed by atoms with Gasteiger partial charge < -0.3 is 4.90 Å². The fraction of sp³-hybridized carbons (Fsp3) is 0.320. The Morgan fingerprint density at radius 3 is 2.53 bits per heavy atom. The molecule has 7 heteroatoms. The van der Waals surface area contributed by atoms with E-state index in [4.69, 9.17) is 0 Å². The molecule has 0 spiro atoms. The molecule has 5 rings (SSSR count). The molecule has 0 atom stereocenters. The second kappa shape index (κ2) is 8.24. The van der Waals surface area contributed by atoms with Gasteiger partial charge in [0.05, 0.1) is 11.4 Å². The van der Waals surface area contributed by atoms with E-state index in [0.717, 1.165) is 42.3 Å². The number of fused-ring (bicyclic) bond motifs is 1. The SMILES string of the molecule is Cc1nn(C)c(C)c1-c1cc(C(=O)N2CCN(Cc3cccc4ccccc34)CC2)[nH]n1. The van der Waals surface area contributed by atoms with Crippen molar-refractivity contribution in [2.45, 2.75) is 20.4 Å². The minimum absolute atomic E-state index is 0.00718. The molecule has 1 aliphatic rings. The second-order valence-electron chi connectivity index (χ2n) is 8.54. The molecule has 0 saturated carbocycles. The van der Waals surface area contributed by atoms with Crippen molar-refractivity contribution in [3.8, 4) is 11.3 Å². The molecular weight excluding hydrogens is 400 g/mol. The maximum absolute atomic E-state index is 13.1. The van der Waals surface area contributed by atoms with Gasteiger partial charge in [-0.05, 0) is 36.2 Å². The van der Waals surface area contributed by atoms with Gasteiger partial charge >= 0.3 is 0 Å². The first kappa shape index (κ1) is 20.5. The van der Waals surface area contributed by atoms with Crippen molar-refractivity contribution >= 4 is 16.7 Å². The highest BCUT2D eigenvalue weighted by Gasteiger charge is 2.25. The lowest BCUT2D eigenvalue weighted by molar-refractivity contribution is 0.0623. The Kier molecular flexibility index (Phi) is 5.27. The summed E-state index contributed by atoms with van der Waals surface area (Å²) in [4.78, 5) is 17.4. The highest BCUT2D eigenvalue weighted by atomic mass is 16.2. The predicted octanol–water partition coefficient (Wildman–Crippen LogP) is 3.54. The van der Waals surface area contributed by atoms with Gasteiger partial charge in [-0.3, -0.25) is 19.5 Å². The van der Waals surface area contributed by atoms with E-state index in [1.807, 2.05) is 36.5 Å². The van der Waals surface area contributed by atoms with Crippen LogP contribution >= 0.6 is 0 Å². The van der Waals surface area contributed by atoms with E-state index in [2.05, 4.69) is 62.7 Å². The van der Waals surface area contributed by atoms with Gasteiger partial charge in [0, 0.05) is 51.0 Å². The van der Waals surface area contributed by atoms with E-state index in [9.17, 15) is 4.79 Å². The summed E-state index contributed by atoms with van der Waals surface area (Å²) in [7, 11) is 1.92. The zero-order valence-corrected chi connectivity index (χ0v) is 18.8. The summed E-state index contributed by atoms with van der Waals surface area (Å²) in [6.07, 6.45) is 0. The number of hydrogen-bond donors (Lipinski definition) is 1. The number of benzene rings is 2. The Morgan fingerprint density at radius 2 is 1.78 bits per heavy atom. The standard InChI is InChI=1S/C25H28N6O/c1-17-24(18(2)29(3)28-17)22-15-23(27-26-22)25(32)31-13-11-30(12-14-31)16-20-9-6-8-19-7-4-5-10-21(19)20/h4-10,15H,11-14,16H2,1-3H3,(H,26,27). The Labute approximate surface area is 187 Å². The molecular formula is C25H28N6O. The van der Waals surface area contributed by atoms with Crippen LogP contribution in [-0.2, 0) is 13.6 Å². The smallest absolute Gasteiger partial charge is 0.271 e. The van der Waals surface area contributed by atoms with Crippen LogP contribution in [0.2, 0.25) is 0 Å². The minimum atomic E-state index is 0.00718. The van der Waals surface area contributed by atoms with Gasteiger partial charge in [-0.25, -0.2) is 0 Å². The number of hydrogen-bond acceptors (Lipinski definition) is 4. The lowest BCUT2D eigenvalue weighted by atomic mass is 10.0. The van der Waals surface area contributed by atoms with Crippen molar-refractivity contribution in [2.75, 3.05) is 26.2 Å². The number of aromatic amines is 1. The third-order valence-electron chi connectivity index (χ3n) is 6.51. The van der Waals surface area contributed by atoms with E-state index in [1.165, 1.54) is 16.3 Å². The number of nitrogens with zero attached hydrogens (tertiary/aromatic N) is 5. The first-order valence-electron chi connectivity index (χ1n) is 11.1. The molecule has 3 heterocycles. The van der Waals surface area contributed by atoms with Crippen LogP contribution in [0.15, 0.2) is 48.5 Å². The number of aromatic nitrogens is 4. The van der Waals surface area contributed by atoms with Crippen molar-refractivity contribution in [1.82, 2.24) is 29.8 Å². The molecule has 0 aliphatic carbocycles. The fourth-order valence-electron chi connectivity index (χ4n) is 4.65. The molecule has 4 aromatic rings. The third-order valence-corrected chi connectivity index (χ3v) is 6.51. The first-order valence-corrected chi connectivity index (χ1v) is 11.1. The average Bonchev–Trinajstić information content (AvgIpc) is 3.38. The van der Waals surface area contributed by atoms with Gasteiger partial charge in [-0.15, -0.1) is 0 Å². The maximum Gasteiger partial charge on any atom is 0.271 e. The summed E-state index contributed by atoms with van der Waals surface area (Å²) in [5.41, 5.74) is 5.58. The number of aryl methyl sites for hydroxylation is 2. The zero-order chi connectivity index (χ0) is 22.2. The normalized spacial score (nSPS) is 14.9. The van der Waals surface area contributed by atoms with Crippen LogP contribution in [0, 0.1) is 13.8 Å². The Morgan fingerprint density at radius 1 is 1.03 bits per heavy atom. The lowest BCUT2D eigenvalue weighted by Crippen LogP contribution is -2.48. The lowest BCUT2D eigenvalue weighted by Gasteiger charge is -2.34. The van der Waals surface area contributed by atoms with Gasteiger partial charge in [-0.1, -0.05) is 42.5 Å². The van der Waals surface area contributed by atoms with E-state index in [1.54, 1.807) is 0 Å². The quantitative estimate of drug-likeness (QED) is 0.540. The van der Waals surface area contributed by atoms with E-state index in [0.29, 0.717) is 18.8 Å². The molecule has 1 fully saturated rings. The summed E-state index contributed by atoms with van der Waals surface area (Å²) >= 11 is 0. The van der Waals surface area contributed by atoms with Crippen LogP contribution in [0.3, 0.4) is 0 Å². The molecule has 2 aromatic heterocycles. The second-order valence-corrected chi connectivity index (χ2v) is 8.54. The van der Waals surface area contributed by atoms with Crippen molar-refractivity contribution in [1.29, 1.82) is 0 Å². The van der Waals surface area contributed by atoms with Gasteiger partial charge in [0.15, 0.2) is 0 Å².